The number of aryl methyl sites for hydroxylation is 1. The zero-order valence-electron chi connectivity index (χ0n) is 12.3. The number of carbonyl (C=O) groups excluding carboxylic acids is 1. The number of carbonyl (C=O) groups is 1. The fourth-order valence-corrected chi connectivity index (χ4v) is 2.85. The van der Waals surface area contributed by atoms with E-state index in [9.17, 15) is 4.79 Å². The van der Waals surface area contributed by atoms with Gasteiger partial charge in [-0.2, -0.15) is 0 Å². The molecule has 1 heterocycles. The van der Waals surface area contributed by atoms with Crippen LogP contribution in [0.4, 0.5) is 11.6 Å². The Hall–Kier alpha value is -2.23. The summed E-state index contributed by atoms with van der Waals surface area (Å²) >= 11 is 0. The van der Waals surface area contributed by atoms with E-state index in [0.717, 1.165) is 23.4 Å². The summed E-state index contributed by atoms with van der Waals surface area (Å²) in [4.78, 5) is 21.2. The second-order valence-corrected chi connectivity index (χ2v) is 5.78. The van der Waals surface area contributed by atoms with Gasteiger partial charge in [0.2, 0.25) is 5.95 Å². The van der Waals surface area contributed by atoms with Crippen molar-refractivity contribution in [3.63, 3.8) is 0 Å². The lowest BCUT2D eigenvalue weighted by atomic mass is 9.79. The van der Waals surface area contributed by atoms with Gasteiger partial charge in [0.15, 0.2) is 0 Å². The van der Waals surface area contributed by atoms with Crippen molar-refractivity contribution in [1.82, 2.24) is 9.97 Å². The SMILES string of the molecule is CC(C)C1C(=O)CCc2cnc(Nc3ccccc3)nc21. The highest BCUT2D eigenvalue weighted by Gasteiger charge is 2.31. The minimum absolute atomic E-state index is 0.104. The minimum Gasteiger partial charge on any atom is -0.324 e. The first-order valence-electron chi connectivity index (χ1n) is 7.35. The van der Waals surface area contributed by atoms with E-state index in [4.69, 9.17) is 0 Å². The summed E-state index contributed by atoms with van der Waals surface area (Å²) in [7, 11) is 0. The van der Waals surface area contributed by atoms with E-state index < -0.39 is 0 Å². The lowest BCUT2D eigenvalue weighted by Gasteiger charge is -2.26. The number of ketones is 1. The van der Waals surface area contributed by atoms with Crippen LogP contribution in [0.3, 0.4) is 0 Å². The van der Waals surface area contributed by atoms with Gasteiger partial charge in [0.25, 0.3) is 0 Å². The minimum atomic E-state index is -0.104. The number of para-hydroxylation sites is 1. The number of rotatable bonds is 3. The Morgan fingerprint density at radius 3 is 2.67 bits per heavy atom. The van der Waals surface area contributed by atoms with Gasteiger partial charge in [-0.3, -0.25) is 4.79 Å². The molecular formula is C17H19N3O. The molecule has 1 atom stereocenters. The van der Waals surface area contributed by atoms with E-state index in [-0.39, 0.29) is 11.8 Å². The lowest BCUT2D eigenvalue weighted by Crippen LogP contribution is -2.26. The van der Waals surface area contributed by atoms with Gasteiger partial charge >= 0.3 is 0 Å². The van der Waals surface area contributed by atoms with Gasteiger partial charge < -0.3 is 5.32 Å². The molecule has 0 amide bonds. The van der Waals surface area contributed by atoms with Gasteiger partial charge in [-0.25, -0.2) is 9.97 Å². The number of hydrogen-bond donors (Lipinski definition) is 1. The molecule has 108 valence electrons. The molecule has 0 saturated carbocycles. The molecule has 0 fully saturated rings. The second-order valence-electron chi connectivity index (χ2n) is 5.78. The van der Waals surface area contributed by atoms with Crippen LogP contribution in [0.15, 0.2) is 36.5 Å². The van der Waals surface area contributed by atoms with Crippen molar-refractivity contribution in [3.8, 4) is 0 Å². The molecule has 21 heavy (non-hydrogen) atoms. The number of anilines is 2. The first-order valence-corrected chi connectivity index (χ1v) is 7.35. The molecule has 0 spiro atoms. The molecule has 3 rings (SSSR count). The highest BCUT2D eigenvalue weighted by molar-refractivity contribution is 5.87. The van der Waals surface area contributed by atoms with Gasteiger partial charge in [0.1, 0.15) is 5.78 Å². The third-order valence-electron chi connectivity index (χ3n) is 3.88. The summed E-state index contributed by atoms with van der Waals surface area (Å²) in [5.74, 6) is 1.01. The van der Waals surface area contributed by atoms with Gasteiger partial charge in [0, 0.05) is 18.3 Å². The van der Waals surface area contributed by atoms with Crippen LogP contribution >= 0.6 is 0 Å². The quantitative estimate of drug-likeness (QED) is 0.936. The molecule has 1 unspecified atom stereocenters. The summed E-state index contributed by atoms with van der Waals surface area (Å²) in [6, 6.07) is 9.82. The Kier molecular flexibility index (Phi) is 3.69. The molecule has 1 aliphatic carbocycles. The van der Waals surface area contributed by atoms with Gasteiger partial charge in [-0.1, -0.05) is 32.0 Å². The predicted molar refractivity (Wildman–Crippen MR) is 82.7 cm³/mol. The van der Waals surface area contributed by atoms with Gasteiger partial charge in [0.05, 0.1) is 11.6 Å². The zero-order valence-corrected chi connectivity index (χ0v) is 12.3. The van der Waals surface area contributed by atoms with E-state index in [1.54, 1.807) is 0 Å². The summed E-state index contributed by atoms with van der Waals surface area (Å²) in [6.07, 6.45) is 3.21. The molecule has 0 aliphatic heterocycles. The number of fused-ring (bicyclic) bond motifs is 1. The summed E-state index contributed by atoms with van der Waals surface area (Å²) in [5.41, 5.74) is 2.95. The maximum absolute atomic E-state index is 12.2. The monoisotopic (exact) mass is 281 g/mol. The van der Waals surface area contributed by atoms with Crippen LogP contribution in [0, 0.1) is 5.92 Å². The van der Waals surface area contributed by atoms with Crippen molar-refractivity contribution in [3.05, 3.63) is 47.8 Å². The van der Waals surface area contributed by atoms with Gasteiger partial charge in [-0.05, 0) is 30.0 Å². The number of aromatic nitrogens is 2. The second kappa shape index (κ2) is 5.64. The van der Waals surface area contributed by atoms with Crippen molar-refractivity contribution in [2.24, 2.45) is 5.92 Å². The number of nitrogens with zero attached hydrogens (tertiary/aromatic N) is 2. The maximum Gasteiger partial charge on any atom is 0.227 e. The molecule has 1 aromatic carbocycles. The van der Waals surface area contributed by atoms with Crippen molar-refractivity contribution >= 4 is 17.4 Å². The molecule has 4 nitrogen and oxygen atoms in total. The molecule has 0 bridgehead atoms. The summed E-state index contributed by atoms with van der Waals surface area (Å²) < 4.78 is 0. The van der Waals surface area contributed by atoms with Crippen molar-refractivity contribution in [2.45, 2.75) is 32.6 Å². The molecule has 2 aromatic rings. The fourth-order valence-electron chi connectivity index (χ4n) is 2.85. The maximum atomic E-state index is 12.2. The van der Waals surface area contributed by atoms with E-state index in [1.807, 2.05) is 36.5 Å². The van der Waals surface area contributed by atoms with Gasteiger partial charge in [-0.15, -0.1) is 0 Å². The molecule has 4 heteroatoms. The number of benzene rings is 1. The van der Waals surface area contributed by atoms with Crippen molar-refractivity contribution in [1.29, 1.82) is 0 Å². The first-order chi connectivity index (χ1) is 10.1. The van der Waals surface area contributed by atoms with E-state index in [2.05, 4.69) is 29.1 Å². The Balaban J connectivity index is 1.94. The first kappa shape index (κ1) is 13.7. The Morgan fingerprint density at radius 1 is 1.19 bits per heavy atom. The van der Waals surface area contributed by atoms with Crippen molar-refractivity contribution < 1.29 is 4.79 Å². The molecule has 0 radical (unpaired) electrons. The Labute approximate surface area is 124 Å². The van der Waals surface area contributed by atoms with E-state index >= 15 is 0 Å². The molecule has 1 aliphatic rings. The predicted octanol–water partition coefficient (Wildman–Crippen LogP) is 3.48. The topological polar surface area (TPSA) is 54.9 Å². The summed E-state index contributed by atoms with van der Waals surface area (Å²) in [6.45, 7) is 4.15. The normalized spacial score (nSPS) is 17.7. The van der Waals surface area contributed by atoms with Crippen LogP contribution in [0.5, 0.6) is 0 Å². The van der Waals surface area contributed by atoms with Crippen LogP contribution in [0.1, 0.15) is 37.4 Å². The zero-order chi connectivity index (χ0) is 14.8. The summed E-state index contributed by atoms with van der Waals surface area (Å²) in [5, 5.41) is 3.19. The smallest absolute Gasteiger partial charge is 0.227 e. The highest BCUT2D eigenvalue weighted by atomic mass is 16.1. The molecule has 0 saturated heterocycles. The third-order valence-corrected chi connectivity index (χ3v) is 3.88. The number of nitrogens with one attached hydrogen (secondary N) is 1. The Bertz CT molecular complexity index is 652. The van der Waals surface area contributed by atoms with E-state index in [0.29, 0.717) is 18.2 Å². The van der Waals surface area contributed by atoms with Crippen LogP contribution in [0.25, 0.3) is 0 Å². The number of hydrogen-bond acceptors (Lipinski definition) is 4. The Morgan fingerprint density at radius 2 is 1.95 bits per heavy atom. The largest absolute Gasteiger partial charge is 0.324 e. The van der Waals surface area contributed by atoms with E-state index in [1.165, 1.54) is 0 Å². The third kappa shape index (κ3) is 2.79. The van der Waals surface area contributed by atoms with Crippen LogP contribution in [-0.2, 0) is 11.2 Å². The number of Topliss-reactive ketones (excluding diaryl/α,β-unsaturated/α-hetero) is 1. The highest BCUT2D eigenvalue weighted by Crippen LogP contribution is 2.33. The fraction of sp³-hybridized carbons (Fsp3) is 0.353. The average Bonchev–Trinajstić information content (AvgIpc) is 2.47. The van der Waals surface area contributed by atoms with Crippen molar-refractivity contribution in [2.75, 3.05) is 5.32 Å². The van der Waals surface area contributed by atoms with Crippen LogP contribution in [0.2, 0.25) is 0 Å². The molecule has 1 aromatic heterocycles. The standard InChI is InChI=1S/C17H19N3O/c1-11(2)15-14(21)9-8-12-10-18-17(20-16(12)15)19-13-6-4-3-5-7-13/h3-7,10-11,15H,8-9H2,1-2H3,(H,18,19,20). The lowest BCUT2D eigenvalue weighted by molar-refractivity contribution is -0.121. The van der Waals surface area contributed by atoms with Crippen LogP contribution < -0.4 is 5.32 Å². The molecule has 1 N–H and O–H groups in total. The molecular weight excluding hydrogens is 262 g/mol. The van der Waals surface area contributed by atoms with Crippen LogP contribution in [-0.4, -0.2) is 15.8 Å². The average molecular weight is 281 g/mol.